The van der Waals surface area contributed by atoms with E-state index >= 15 is 0 Å². The maximum absolute atomic E-state index is 12.9. The van der Waals surface area contributed by atoms with Crippen molar-refractivity contribution in [1.82, 2.24) is 25.0 Å². The number of nitrogens with zero attached hydrogens (tertiary/aromatic N) is 4. The smallest absolute Gasteiger partial charge is 0.278 e. The van der Waals surface area contributed by atoms with Crippen LogP contribution in [0, 0.1) is 6.92 Å². The zero-order valence-corrected chi connectivity index (χ0v) is 16.1. The zero-order valence-electron chi connectivity index (χ0n) is 15.3. The average Bonchev–Trinajstić information content (AvgIpc) is 3.46. The van der Waals surface area contributed by atoms with E-state index in [2.05, 4.69) is 25.6 Å². The van der Waals surface area contributed by atoms with Gasteiger partial charge in [-0.05, 0) is 50.5 Å². The molecular weight excluding hydrogens is 372 g/mol. The number of aromatic nitrogens is 5. The van der Waals surface area contributed by atoms with Crippen LogP contribution in [0.15, 0.2) is 42.5 Å². The molecule has 3 aromatic heterocycles. The molecule has 0 atom stereocenters. The molecule has 0 spiro atoms. The number of aromatic amines is 1. The number of aryl methyl sites for hydroxylation is 1. The lowest BCUT2D eigenvalue weighted by Crippen LogP contribution is -2.16. The van der Waals surface area contributed by atoms with E-state index in [1.54, 1.807) is 11.3 Å². The Labute approximate surface area is 165 Å². The first kappa shape index (κ1) is 16.9. The van der Waals surface area contributed by atoms with Gasteiger partial charge in [0, 0.05) is 16.1 Å². The minimum atomic E-state index is -0.277. The van der Waals surface area contributed by atoms with Crippen molar-refractivity contribution in [2.24, 2.45) is 0 Å². The number of rotatable bonds is 4. The Hall–Kier alpha value is -3.26. The van der Waals surface area contributed by atoms with Gasteiger partial charge in [0.1, 0.15) is 0 Å². The van der Waals surface area contributed by atoms with E-state index in [0.717, 1.165) is 41.1 Å². The zero-order chi connectivity index (χ0) is 19.1. The fourth-order valence-electron chi connectivity index (χ4n) is 3.55. The summed E-state index contributed by atoms with van der Waals surface area (Å²) in [6.07, 6.45) is 2.81. The van der Waals surface area contributed by atoms with Crippen LogP contribution in [-0.2, 0) is 12.8 Å². The molecule has 8 heteroatoms. The second-order valence-electron chi connectivity index (χ2n) is 6.75. The van der Waals surface area contributed by atoms with Gasteiger partial charge in [-0.3, -0.25) is 15.2 Å². The topological polar surface area (TPSA) is 88.5 Å². The number of anilines is 1. The third-order valence-corrected chi connectivity index (χ3v) is 5.84. The molecule has 0 saturated carbocycles. The van der Waals surface area contributed by atoms with E-state index in [1.807, 2.05) is 54.1 Å². The highest BCUT2D eigenvalue weighted by atomic mass is 32.1. The molecule has 3 heterocycles. The molecule has 1 aromatic carbocycles. The van der Waals surface area contributed by atoms with Gasteiger partial charge in [0.15, 0.2) is 11.5 Å². The molecule has 28 heavy (non-hydrogen) atoms. The molecule has 1 aliphatic rings. The Bertz CT molecular complexity index is 1160. The van der Waals surface area contributed by atoms with Crippen molar-refractivity contribution < 1.29 is 4.79 Å². The Kier molecular flexibility index (Phi) is 4.05. The highest BCUT2D eigenvalue weighted by Gasteiger charge is 2.27. The van der Waals surface area contributed by atoms with E-state index in [-0.39, 0.29) is 11.9 Å². The van der Waals surface area contributed by atoms with Gasteiger partial charge in [-0.25, -0.2) is 4.68 Å². The number of amides is 1. The number of H-pyrrole nitrogens is 1. The van der Waals surface area contributed by atoms with Crippen molar-refractivity contribution in [3.63, 3.8) is 0 Å². The van der Waals surface area contributed by atoms with Crippen LogP contribution in [0.25, 0.3) is 16.4 Å². The van der Waals surface area contributed by atoms with Gasteiger partial charge in [-0.2, -0.15) is 10.1 Å². The van der Waals surface area contributed by atoms with Crippen LogP contribution in [0.4, 0.5) is 5.95 Å². The summed E-state index contributed by atoms with van der Waals surface area (Å²) in [6.45, 7) is 2.04. The molecule has 1 amide bonds. The summed E-state index contributed by atoms with van der Waals surface area (Å²) in [6, 6.07) is 13.9. The largest absolute Gasteiger partial charge is 0.288 e. The number of hydrogen-bond acceptors (Lipinski definition) is 5. The van der Waals surface area contributed by atoms with E-state index in [4.69, 9.17) is 0 Å². The maximum atomic E-state index is 12.9. The number of thiophene rings is 1. The summed E-state index contributed by atoms with van der Waals surface area (Å²) in [5.41, 5.74) is 3.55. The van der Waals surface area contributed by atoms with Crippen LogP contribution in [0.1, 0.15) is 33.0 Å². The van der Waals surface area contributed by atoms with Gasteiger partial charge < -0.3 is 0 Å². The summed E-state index contributed by atoms with van der Waals surface area (Å²) >= 11 is 1.62. The molecule has 0 radical (unpaired) electrons. The van der Waals surface area contributed by atoms with Gasteiger partial charge in [-0.1, -0.05) is 18.2 Å². The molecule has 0 unspecified atom stereocenters. The summed E-state index contributed by atoms with van der Waals surface area (Å²) in [4.78, 5) is 19.5. The second kappa shape index (κ2) is 6.72. The first-order valence-electron chi connectivity index (χ1n) is 9.16. The third-order valence-electron chi connectivity index (χ3n) is 4.83. The number of fused-ring (bicyclic) bond motifs is 1. The Balaban J connectivity index is 1.43. The van der Waals surface area contributed by atoms with E-state index in [1.165, 1.54) is 4.88 Å². The predicted octanol–water partition coefficient (Wildman–Crippen LogP) is 3.77. The Morgan fingerprint density at radius 3 is 2.82 bits per heavy atom. The van der Waals surface area contributed by atoms with Crippen LogP contribution in [0.5, 0.6) is 0 Å². The number of hydrogen-bond donors (Lipinski definition) is 2. The van der Waals surface area contributed by atoms with E-state index in [0.29, 0.717) is 11.5 Å². The van der Waals surface area contributed by atoms with Crippen molar-refractivity contribution in [2.75, 3.05) is 5.32 Å². The second-order valence-corrected chi connectivity index (χ2v) is 8.03. The van der Waals surface area contributed by atoms with Gasteiger partial charge in [0.25, 0.3) is 5.91 Å². The molecule has 5 rings (SSSR count). The van der Waals surface area contributed by atoms with Crippen molar-refractivity contribution in [1.29, 1.82) is 0 Å². The molecule has 4 aromatic rings. The molecule has 140 valence electrons. The van der Waals surface area contributed by atoms with E-state index < -0.39 is 0 Å². The highest BCUT2D eigenvalue weighted by molar-refractivity contribution is 7.15. The average molecular weight is 390 g/mol. The highest BCUT2D eigenvalue weighted by Crippen LogP contribution is 2.29. The first-order valence-corrected chi connectivity index (χ1v) is 9.97. The van der Waals surface area contributed by atoms with Crippen LogP contribution in [-0.4, -0.2) is 30.9 Å². The van der Waals surface area contributed by atoms with Crippen LogP contribution < -0.4 is 5.32 Å². The number of carbonyl (C=O) groups is 1. The fraction of sp³-hybridized carbons (Fsp3) is 0.200. The SMILES string of the molecule is Cc1ccc(-c2nc(NC(=O)c3nn(-c4ccccc4)c4c3CCC4)n[nH]2)s1. The fourth-order valence-corrected chi connectivity index (χ4v) is 4.36. The lowest BCUT2D eigenvalue weighted by molar-refractivity contribution is 0.102. The molecule has 1 aliphatic carbocycles. The maximum Gasteiger partial charge on any atom is 0.278 e. The van der Waals surface area contributed by atoms with Crippen molar-refractivity contribution >= 4 is 23.2 Å². The van der Waals surface area contributed by atoms with E-state index in [9.17, 15) is 4.79 Å². The van der Waals surface area contributed by atoms with Crippen LogP contribution >= 0.6 is 11.3 Å². The quantitative estimate of drug-likeness (QED) is 0.555. The lowest BCUT2D eigenvalue weighted by Gasteiger charge is -2.04. The molecule has 2 N–H and O–H groups in total. The van der Waals surface area contributed by atoms with Gasteiger partial charge >= 0.3 is 0 Å². The molecule has 0 aliphatic heterocycles. The number of benzene rings is 1. The Morgan fingerprint density at radius 2 is 2.04 bits per heavy atom. The van der Waals surface area contributed by atoms with Gasteiger partial charge in [0.2, 0.25) is 5.95 Å². The van der Waals surface area contributed by atoms with Crippen molar-refractivity contribution in [2.45, 2.75) is 26.2 Å². The third kappa shape index (κ3) is 2.91. The van der Waals surface area contributed by atoms with Crippen LogP contribution in [0.2, 0.25) is 0 Å². The first-order chi connectivity index (χ1) is 13.7. The molecule has 0 saturated heterocycles. The van der Waals surface area contributed by atoms with Gasteiger partial charge in [0.05, 0.1) is 10.6 Å². The molecule has 0 fully saturated rings. The van der Waals surface area contributed by atoms with Crippen molar-refractivity contribution in [3.05, 3.63) is 64.3 Å². The van der Waals surface area contributed by atoms with Crippen LogP contribution in [0.3, 0.4) is 0 Å². The minimum absolute atomic E-state index is 0.257. The number of carbonyl (C=O) groups excluding carboxylic acids is 1. The predicted molar refractivity (Wildman–Crippen MR) is 108 cm³/mol. The monoisotopic (exact) mass is 390 g/mol. The number of para-hydroxylation sites is 1. The molecular formula is C20H18N6OS. The standard InChI is InChI=1S/C20H18N6OS/c1-12-10-11-16(28-12)18-21-20(24-23-18)22-19(27)17-14-8-5-9-15(14)26(25-17)13-6-3-2-4-7-13/h2-4,6-7,10-11H,5,8-9H2,1H3,(H2,21,22,23,24,27). The minimum Gasteiger partial charge on any atom is -0.288 e. The molecule has 0 bridgehead atoms. The summed E-state index contributed by atoms with van der Waals surface area (Å²) in [5.74, 6) is 0.626. The summed E-state index contributed by atoms with van der Waals surface area (Å²) < 4.78 is 1.88. The Morgan fingerprint density at radius 1 is 1.18 bits per heavy atom. The normalized spacial score (nSPS) is 12.9. The summed E-state index contributed by atoms with van der Waals surface area (Å²) in [5, 5.41) is 14.4. The summed E-state index contributed by atoms with van der Waals surface area (Å²) in [7, 11) is 0. The van der Waals surface area contributed by atoms with Gasteiger partial charge in [-0.15, -0.1) is 16.4 Å². The van der Waals surface area contributed by atoms with Crippen molar-refractivity contribution in [3.8, 4) is 16.4 Å². The number of nitrogens with one attached hydrogen (secondary N) is 2. The lowest BCUT2D eigenvalue weighted by atomic mass is 10.2. The molecule has 7 nitrogen and oxygen atoms in total.